The van der Waals surface area contributed by atoms with Gasteiger partial charge in [0.25, 0.3) is 0 Å². The van der Waals surface area contributed by atoms with E-state index in [0.717, 1.165) is 34.8 Å². The third kappa shape index (κ3) is 6.42. The SMILES string of the molecule is COCCNCCCCSc1nnc(C)s1. The maximum Gasteiger partial charge on any atom is 0.174 e. The van der Waals surface area contributed by atoms with Gasteiger partial charge in [0.2, 0.25) is 0 Å². The van der Waals surface area contributed by atoms with Crippen molar-refractivity contribution >= 4 is 23.1 Å². The van der Waals surface area contributed by atoms with E-state index in [1.807, 2.05) is 6.92 Å². The number of unbranched alkanes of at least 4 members (excludes halogenated alkanes) is 1. The molecular weight excluding hydrogens is 242 g/mol. The monoisotopic (exact) mass is 261 g/mol. The van der Waals surface area contributed by atoms with Gasteiger partial charge in [-0.2, -0.15) is 0 Å². The minimum Gasteiger partial charge on any atom is -0.383 e. The first-order chi connectivity index (χ1) is 7.83. The van der Waals surface area contributed by atoms with E-state index in [-0.39, 0.29) is 0 Å². The lowest BCUT2D eigenvalue weighted by molar-refractivity contribution is 0.199. The van der Waals surface area contributed by atoms with Gasteiger partial charge in [-0.05, 0) is 26.3 Å². The van der Waals surface area contributed by atoms with Gasteiger partial charge in [0.05, 0.1) is 6.61 Å². The Bertz CT molecular complexity index is 281. The van der Waals surface area contributed by atoms with Crippen LogP contribution >= 0.6 is 23.1 Å². The zero-order valence-electron chi connectivity index (χ0n) is 9.86. The molecule has 0 amide bonds. The minimum atomic E-state index is 0.790. The summed E-state index contributed by atoms with van der Waals surface area (Å²) in [5.74, 6) is 1.13. The number of hydrogen-bond acceptors (Lipinski definition) is 6. The van der Waals surface area contributed by atoms with Crippen LogP contribution in [-0.4, -0.2) is 42.8 Å². The molecule has 92 valence electrons. The molecular formula is C10H19N3OS2. The van der Waals surface area contributed by atoms with E-state index in [1.54, 1.807) is 30.2 Å². The fourth-order valence-corrected chi connectivity index (χ4v) is 3.03. The summed E-state index contributed by atoms with van der Waals surface area (Å²) in [5, 5.41) is 12.4. The molecule has 0 saturated carbocycles. The largest absolute Gasteiger partial charge is 0.383 e. The third-order valence-corrected chi connectivity index (χ3v) is 4.02. The second-order valence-electron chi connectivity index (χ2n) is 3.39. The molecule has 1 rings (SSSR count). The standard InChI is InChI=1S/C10H19N3OS2/c1-9-12-13-10(16-9)15-8-4-3-5-11-6-7-14-2/h11H,3-8H2,1-2H3. The van der Waals surface area contributed by atoms with Gasteiger partial charge in [-0.25, -0.2) is 0 Å². The topological polar surface area (TPSA) is 47.0 Å². The van der Waals surface area contributed by atoms with Crippen LogP contribution in [0.15, 0.2) is 4.34 Å². The average molecular weight is 261 g/mol. The molecule has 4 nitrogen and oxygen atoms in total. The molecule has 0 bridgehead atoms. The van der Waals surface area contributed by atoms with E-state index in [0.29, 0.717) is 0 Å². The van der Waals surface area contributed by atoms with Crippen molar-refractivity contribution < 1.29 is 4.74 Å². The fraction of sp³-hybridized carbons (Fsp3) is 0.800. The summed E-state index contributed by atoms with van der Waals surface area (Å²) < 4.78 is 6.04. The minimum absolute atomic E-state index is 0.790. The number of aryl methyl sites for hydroxylation is 1. The summed E-state index contributed by atoms with van der Waals surface area (Å²) in [6, 6.07) is 0. The summed E-state index contributed by atoms with van der Waals surface area (Å²) in [7, 11) is 1.72. The zero-order valence-corrected chi connectivity index (χ0v) is 11.5. The summed E-state index contributed by atoms with van der Waals surface area (Å²) in [4.78, 5) is 0. The van der Waals surface area contributed by atoms with E-state index in [2.05, 4.69) is 15.5 Å². The number of thioether (sulfide) groups is 1. The van der Waals surface area contributed by atoms with Gasteiger partial charge in [-0.3, -0.25) is 0 Å². The van der Waals surface area contributed by atoms with E-state index < -0.39 is 0 Å². The Morgan fingerprint density at radius 2 is 2.19 bits per heavy atom. The normalized spacial score (nSPS) is 10.9. The Kier molecular flexibility index (Phi) is 7.75. The molecule has 0 aliphatic carbocycles. The molecule has 0 fully saturated rings. The van der Waals surface area contributed by atoms with Crippen molar-refractivity contribution in [2.75, 3.05) is 32.6 Å². The van der Waals surface area contributed by atoms with Crippen LogP contribution in [0.2, 0.25) is 0 Å². The predicted octanol–water partition coefficient (Wildman–Crippen LogP) is 1.95. The number of aromatic nitrogens is 2. The molecule has 0 unspecified atom stereocenters. The third-order valence-electron chi connectivity index (χ3n) is 1.96. The van der Waals surface area contributed by atoms with Crippen LogP contribution in [0.5, 0.6) is 0 Å². The number of rotatable bonds is 9. The number of nitrogens with one attached hydrogen (secondary N) is 1. The summed E-state index contributed by atoms with van der Waals surface area (Å²) in [6.45, 7) is 4.79. The molecule has 1 aromatic rings. The molecule has 0 aromatic carbocycles. The fourth-order valence-electron chi connectivity index (χ4n) is 1.15. The Morgan fingerprint density at radius 3 is 2.88 bits per heavy atom. The zero-order chi connectivity index (χ0) is 11.6. The van der Waals surface area contributed by atoms with Crippen LogP contribution in [0, 0.1) is 6.92 Å². The molecule has 0 saturated heterocycles. The quantitative estimate of drug-likeness (QED) is 0.544. The highest BCUT2D eigenvalue weighted by Gasteiger charge is 2.00. The van der Waals surface area contributed by atoms with E-state index in [4.69, 9.17) is 4.74 Å². The maximum absolute atomic E-state index is 4.95. The van der Waals surface area contributed by atoms with E-state index in [1.165, 1.54) is 12.8 Å². The first-order valence-corrected chi connectivity index (χ1v) is 7.25. The maximum atomic E-state index is 4.95. The molecule has 0 aliphatic rings. The lowest BCUT2D eigenvalue weighted by atomic mass is 10.3. The summed E-state index contributed by atoms with van der Waals surface area (Å²) in [5.41, 5.74) is 0. The van der Waals surface area contributed by atoms with Crippen molar-refractivity contribution in [1.29, 1.82) is 0 Å². The highest BCUT2D eigenvalue weighted by molar-refractivity contribution is 8.01. The second-order valence-corrected chi connectivity index (χ2v) is 5.91. The van der Waals surface area contributed by atoms with Crippen molar-refractivity contribution in [3.63, 3.8) is 0 Å². The Hall–Kier alpha value is -0.170. The molecule has 0 atom stereocenters. The van der Waals surface area contributed by atoms with Crippen LogP contribution in [0.3, 0.4) is 0 Å². The first kappa shape index (κ1) is 13.9. The van der Waals surface area contributed by atoms with Crippen molar-refractivity contribution in [1.82, 2.24) is 15.5 Å². The van der Waals surface area contributed by atoms with E-state index in [9.17, 15) is 0 Å². The van der Waals surface area contributed by atoms with Gasteiger partial charge in [-0.1, -0.05) is 23.1 Å². The van der Waals surface area contributed by atoms with Crippen LogP contribution in [0.25, 0.3) is 0 Å². The highest BCUT2D eigenvalue weighted by atomic mass is 32.2. The van der Waals surface area contributed by atoms with Gasteiger partial charge in [0.15, 0.2) is 4.34 Å². The Balaban J connectivity index is 1.88. The molecule has 1 aromatic heterocycles. The van der Waals surface area contributed by atoms with Gasteiger partial charge >= 0.3 is 0 Å². The van der Waals surface area contributed by atoms with Crippen molar-refractivity contribution in [3.05, 3.63) is 5.01 Å². The summed E-state index contributed by atoms with van der Waals surface area (Å²) >= 11 is 3.47. The van der Waals surface area contributed by atoms with Gasteiger partial charge in [0, 0.05) is 19.4 Å². The number of methoxy groups -OCH3 is 1. The van der Waals surface area contributed by atoms with E-state index >= 15 is 0 Å². The Labute approximate surface area is 105 Å². The van der Waals surface area contributed by atoms with Crippen molar-refractivity contribution in [2.45, 2.75) is 24.1 Å². The lowest BCUT2D eigenvalue weighted by Gasteiger charge is -2.02. The number of nitrogens with zero attached hydrogens (tertiary/aromatic N) is 2. The van der Waals surface area contributed by atoms with Gasteiger partial charge in [0.1, 0.15) is 5.01 Å². The summed E-state index contributed by atoms with van der Waals surface area (Å²) in [6.07, 6.45) is 2.41. The van der Waals surface area contributed by atoms with Crippen molar-refractivity contribution in [3.8, 4) is 0 Å². The molecule has 1 heterocycles. The molecule has 6 heteroatoms. The predicted molar refractivity (Wildman–Crippen MR) is 69.3 cm³/mol. The van der Waals surface area contributed by atoms with Crippen molar-refractivity contribution in [2.24, 2.45) is 0 Å². The molecule has 1 N–H and O–H groups in total. The number of hydrogen-bond donors (Lipinski definition) is 1. The second kappa shape index (κ2) is 8.92. The van der Waals surface area contributed by atoms with Crippen LogP contribution < -0.4 is 5.32 Å². The molecule has 0 aliphatic heterocycles. The van der Waals surface area contributed by atoms with Crippen LogP contribution in [0.4, 0.5) is 0 Å². The number of ether oxygens (including phenoxy) is 1. The average Bonchev–Trinajstić information content (AvgIpc) is 2.68. The first-order valence-electron chi connectivity index (χ1n) is 5.45. The smallest absolute Gasteiger partial charge is 0.174 e. The van der Waals surface area contributed by atoms with Gasteiger partial charge < -0.3 is 10.1 Å². The molecule has 0 spiro atoms. The van der Waals surface area contributed by atoms with Crippen LogP contribution in [0.1, 0.15) is 17.8 Å². The van der Waals surface area contributed by atoms with Gasteiger partial charge in [-0.15, -0.1) is 10.2 Å². The lowest BCUT2D eigenvalue weighted by Crippen LogP contribution is -2.20. The molecule has 16 heavy (non-hydrogen) atoms. The molecule has 0 radical (unpaired) electrons. The Morgan fingerprint density at radius 1 is 1.31 bits per heavy atom. The van der Waals surface area contributed by atoms with Crippen LogP contribution in [-0.2, 0) is 4.74 Å². The highest BCUT2D eigenvalue weighted by Crippen LogP contribution is 2.22.